The van der Waals surface area contributed by atoms with Crippen LogP contribution in [0.25, 0.3) is 11.3 Å². The quantitative estimate of drug-likeness (QED) is 0.327. The van der Waals surface area contributed by atoms with Gasteiger partial charge in [-0.1, -0.05) is 30.7 Å². The van der Waals surface area contributed by atoms with Crippen LogP contribution in [0.2, 0.25) is 4.34 Å². The number of thiophene rings is 1. The summed E-state index contributed by atoms with van der Waals surface area (Å²) in [7, 11) is -3.93. The van der Waals surface area contributed by atoms with E-state index in [-0.39, 0.29) is 23.2 Å². The second-order valence-corrected chi connectivity index (χ2v) is 12.5. The number of hydrogen-bond donors (Lipinski definition) is 1. The van der Waals surface area contributed by atoms with E-state index in [0.717, 1.165) is 23.5 Å². The maximum absolute atomic E-state index is 13.3. The minimum absolute atomic E-state index is 0.0409. The molecular formula is C25H25ClF3N3O4S2. The minimum Gasteiger partial charge on any atom is -0.478 e. The van der Waals surface area contributed by atoms with Gasteiger partial charge in [-0.3, -0.25) is 4.79 Å². The van der Waals surface area contributed by atoms with E-state index in [2.05, 4.69) is 10.3 Å². The fourth-order valence-electron chi connectivity index (χ4n) is 4.16. The van der Waals surface area contributed by atoms with E-state index in [0.29, 0.717) is 40.6 Å². The number of benzene rings is 1. The summed E-state index contributed by atoms with van der Waals surface area (Å²) in [5.41, 5.74) is -0.551. The number of ether oxygens (including phenoxy) is 1. The van der Waals surface area contributed by atoms with Crippen LogP contribution in [0.15, 0.2) is 52.7 Å². The number of halogens is 4. The summed E-state index contributed by atoms with van der Waals surface area (Å²) < 4.78 is 72.5. The summed E-state index contributed by atoms with van der Waals surface area (Å²) in [4.78, 5) is 17.7. The second kappa shape index (κ2) is 10.8. The molecule has 3 aromatic rings. The first-order valence-electron chi connectivity index (χ1n) is 11.8. The largest absolute Gasteiger partial charge is 0.478 e. The smallest absolute Gasteiger partial charge is 0.416 e. The summed E-state index contributed by atoms with van der Waals surface area (Å²) in [6.07, 6.45) is -3.70. The van der Waals surface area contributed by atoms with Crippen molar-refractivity contribution in [1.29, 1.82) is 0 Å². The number of pyridine rings is 1. The fraction of sp³-hybridized carbons (Fsp3) is 0.360. The molecule has 0 unspecified atom stereocenters. The minimum atomic E-state index is -4.46. The van der Waals surface area contributed by atoms with Crippen LogP contribution >= 0.6 is 22.9 Å². The topological polar surface area (TPSA) is 88.6 Å². The molecule has 0 aliphatic heterocycles. The van der Waals surface area contributed by atoms with Crippen molar-refractivity contribution in [2.75, 3.05) is 13.2 Å². The van der Waals surface area contributed by atoms with E-state index in [1.54, 1.807) is 26.0 Å². The first-order chi connectivity index (χ1) is 17.9. The molecule has 38 heavy (non-hydrogen) atoms. The Morgan fingerprint density at radius 1 is 1.16 bits per heavy atom. The zero-order chi connectivity index (χ0) is 27.7. The molecule has 1 amide bonds. The van der Waals surface area contributed by atoms with Crippen LogP contribution in [0, 0.1) is 0 Å². The Balaban J connectivity index is 1.55. The van der Waals surface area contributed by atoms with E-state index >= 15 is 0 Å². The number of carbonyl (C=O) groups is 1. The van der Waals surface area contributed by atoms with E-state index in [1.807, 2.05) is 0 Å². The summed E-state index contributed by atoms with van der Waals surface area (Å²) in [5.74, 6) is -0.181. The standard InChI is InChI=1S/C25H25ClF3N3O4S2/c1-3-32(38(34,35)22-10-9-20(26)37-22)24(11-12-24)23(33)30-15-16-13-19(31-21(14-16)36-4-2)17-5-7-18(8-6-17)25(27,28)29/h5-10,13-14H,3-4,11-12,15H2,1-2H3,(H,30,33). The molecule has 2 heterocycles. The van der Waals surface area contributed by atoms with Crippen molar-refractivity contribution in [3.8, 4) is 17.1 Å². The Labute approximate surface area is 227 Å². The lowest BCUT2D eigenvalue weighted by atomic mass is 10.1. The predicted octanol–water partition coefficient (Wildman–Crippen LogP) is 5.74. The van der Waals surface area contributed by atoms with Gasteiger partial charge in [0.2, 0.25) is 11.8 Å². The molecule has 13 heteroatoms. The molecule has 1 aromatic carbocycles. The highest BCUT2D eigenvalue weighted by molar-refractivity contribution is 7.91. The van der Waals surface area contributed by atoms with Crippen LogP contribution in [0.1, 0.15) is 37.8 Å². The Morgan fingerprint density at radius 2 is 1.84 bits per heavy atom. The molecule has 2 aromatic heterocycles. The second-order valence-electron chi connectivity index (χ2n) is 8.65. The molecule has 204 valence electrons. The number of aromatic nitrogens is 1. The molecule has 0 spiro atoms. The van der Waals surface area contributed by atoms with Crippen LogP contribution in [-0.2, 0) is 27.5 Å². The molecule has 7 nitrogen and oxygen atoms in total. The molecule has 1 aliphatic rings. The van der Waals surface area contributed by atoms with Gasteiger partial charge in [0.25, 0.3) is 10.0 Å². The van der Waals surface area contributed by atoms with Gasteiger partial charge in [-0.05, 0) is 55.7 Å². The van der Waals surface area contributed by atoms with Gasteiger partial charge in [0.05, 0.1) is 22.2 Å². The Kier molecular flexibility index (Phi) is 8.08. The van der Waals surface area contributed by atoms with E-state index in [9.17, 15) is 26.4 Å². The first-order valence-corrected chi connectivity index (χ1v) is 14.4. The summed E-state index contributed by atoms with van der Waals surface area (Å²) in [5, 5.41) is 2.82. The van der Waals surface area contributed by atoms with Crippen LogP contribution < -0.4 is 10.1 Å². The van der Waals surface area contributed by atoms with Gasteiger partial charge in [-0.2, -0.15) is 17.5 Å². The SMILES string of the molecule is CCOc1cc(CNC(=O)C2(N(CC)S(=O)(=O)c3ccc(Cl)s3)CC2)cc(-c2ccc(C(F)(F)F)cc2)n1. The molecule has 0 bridgehead atoms. The maximum atomic E-state index is 13.3. The summed E-state index contributed by atoms with van der Waals surface area (Å²) in [6, 6.07) is 10.8. The summed E-state index contributed by atoms with van der Waals surface area (Å²) in [6.45, 7) is 3.90. The van der Waals surface area contributed by atoms with Crippen LogP contribution in [0.3, 0.4) is 0 Å². The zero-order valence-corrected chi connectivity index (χ0v) is 22.9. The number of likely N-dealkylation sites (N-methyl/N-ethyl adjacent to an activating group) is 1. The van der Waals surface area contributed by atoms with E-state index in [4.69, 9.17) is 16.3 Å². The zero-order valence-electron chi connectivity index (χ0n) is 20.5. The molecule has 4 rings (SSSR count). The molecule has 0 saturated heterocycles. The summed E-state index contributed by atoms with van der Waals surface area (Å²) >= 11 is 6.87. The van der Waals surface area contributed by atoms with Crippen LogP contribution in [-0.4, -0.2) is 42.3 Å². The number of rotatable bonds is 10. The van der Waals surface area contributed by atoms with Crippen molar-refractivity contribution in [2.45, 2.75) is 49.2 Å². The lowest BCUT2D eigenvalue weighted by Crippen LogP contribution is -2.51. The van der Waals surface area contributed by atoms with E-state index in [1.165, 1.54) is 28.6 Å². The maximum Gasteiger partial charge on any atom is 0.416 e. The first kappa shape index (κ1) is 28.3. The molecule has 1 N–H and O–H groups in total. The average Bonchev–Trinajstić information content (AvgIpc) is 3.54. The van der Waals surface area contributed by atoms with Crippen LogP contribution in [0.5, 0.6) is 5.88 Å². The van der Waals surface area contributed by atoms with Crippen molar-refractivity contribution < 1.29 is 31.1 Å². The number of sulfonamides is 1. The number of alkyl halides is 3. The highest BCUT2D eigenvalue weighted by Gasteiger charge is 2.58. The monoisotopic (exact) mass is 587 g/mol. The molecule has 1 aliphatic carbocycles. The Morgan fingerprint density at radius 3 is 2.37 bits per heavy atom. The Bertz CT molecular complexity index is 1420. The predicted molar refractivity (Wildman–Crippen MR) is 139 cm³/mol. The van der Waals surface area contributed by atoms with Gasteiger partial charge in [0.15, 0.2) is 0 Å². The molecule has 1 saturated carbocycles. The van der Waals surface area contributed by atoms with Gasteiger partial charge in [-0.15, -0.1) is 11.3 Å². The third kappa shape index (κ3) is 5.83. The highest BCUT2D eigenvalue weighted by atomic mass is 35.5. The Hall–Kier alpha value is -2.67. The van der Waals surface area contributed by atoms with Crippen molar-refractivity contribution in [3.63, 3.8) is 0 Å². The number of hydrogen-bond acceptors (Lipinski definition) is 6. The highest BCUT2D eigenvalue weighted by Crippen LogP contribution is 2.45. The van der Waals surface area contributed by atoms with Crippen molar-refractivity contribution in [3.05, 3.63) is 64.0 Å². The molecule has 1 fully saturated rings. The normalized spacial score (nSPS) is 14.9. The van der Waals surface area contributed by atoms with Gasteiger partial charge < -0.3 is 10.1 Å². The van der Waals surface area contributed by atoms with Crippen molar-refractivity contribution >= 4 is 38.9 Å². The van der Waals surface area contributed by atoms with Crippen LogP contribution in [0.4, 0.5) is 13.2 Å². The van der Waals surface area contributed by atoms with Crippen molar-refractivity contribution in [1.82, 2.24) is 14.6 Å². The number of amides is 1. The average molecular weight is 588 g/mol. The van der Waals surface area contributed by atoms with E-state index < -0.39 is 33.2 Å². The third-order valence-corrected chi connectivity index (χ3v) is 9.86. The number of nitrogens with one attached hydrogen (secondary N) is 1. The van der Waals surface area contributed by atoms with Gasteiger partial charge >= 0.3 is 6.18 Å². The number of nitrogens with zero attached hydrogens (tertiary/aromatic N) is 2. The third-order valence-electron chi connectivity index (χ3n) is 6.12. The van der Waals surface area contributed by atoms with Gasteiger partial charge in [-0.25, -0.2) is 13.4 Å². The lowest BCUT2D eigenvalue weighted by Gasteiger charge is -2.28. The fourth-order valence-corrected chi connectivity index (χ4v) is 7.56. The molecular weight excluding hydrogens is 563 g/mol. The molecule has 0 radical (unpaired) electrons. The lowest BCUT2D eigenvalue weighted by molar-refractivity contribution is -0.137. The van der Waals surface area contributed by atoms with Gasteiger partial charge in [0.1, 0.15) is 9.75 Å². The van der Waals surface area contributed by atoms with Gasteiger partial charge in [0, 0.05) is 24.7 Å². The number of carbonyl (C=O) groups excluding carboxylic acids is 1. The van der Waals surface area contributed by atoms with Crippen molar-refractivity contribution in [2.24, 2.45) is 0 Å². The molecule has 0 atom stereocenters.